The highest BCUT2D eigenvalue weighted by atomic mass is 79.9. The lowest BCUT2D eigenvalue weighted by Crippen LogP contribution is -2.31. The Morgan fingerprint density at radius 1 is 1.38 bits per heavy atom. The molecule has 3 heteroatoms. The van der Waals surface area contributed by atoms with Crippen LogP contribution in [0.25, 0.3) is 0 Å². The molecule has 0 amide bonds. The third-order valence-corrected chi connectivity index (χ3v) is 2.74. The Bertz CT molecular complexity index is 383. The van der Waals surface area contributed by atoms with Crippen LogP contribution in [-0.2, 0) is 0 Å². The highest BCUT2D eigenvalue weighted by Crippen LogP contribution is 2.39. The first-order valence-electron chi connectivity index (χ1n) is 4.05. The smallest absolute Gasteiger partial charge is 0.209 e. The number of carbonyl (C=O) groups is 1. The molecule has 0 saturated carbocycles. The second-order valence-electron chi connectivity index (χ2n) is 3.56. The highest BCUT2D eigenvalue weighted by Gasteiger charge is 2.40. The Labute approximate surface area is 85.0 Å². The summed E-state index contributed by atoms with van der Waals surface area (Å²) in [5.41, 5.74) is -0.0500. The van der Waals surface area contributed by atoms with E-state index in [0.29, 0.717) is 11.3 Å². The van der Waals surface area contributed by atoms with Crippen molar-refractivity contribution >= 4 is 21.7 Å². The van der Waals surface area contributed by atoms with E-state index in [1.807, 2.05) is 12.1 Å². The van der Waals surface area contributed by atoms with Gasteiger partial charge >= 0.3 is 0 Å². The van der Waals surface area contributed by atoms with E-state index in [2.05, 4.69) is 15.9 Å². The number of hydrogen-bond donors (Lipinski definition) is 0. The van der Waals surface area contributed by atoms with E-state index in [1.54, 1.807) is 19.9 Å². The molecule has 0 fully saturated rings. The molecule has 2 rings (SSSR count). The summed E-state index contributed by atoms with van der Waals surface area (Å²) < 4.78 is 6.38. The number of carbonyl (C=O) groups excluding carboxylic acids is 1. The van der Waals surface area contributed by atoms with Crippen molar-refractivity contribution in [2.24, 2.45) is 0 Å². The number of hydrogen-bond acceptors (Lipinski definition) is 2. The fourth-order valence-electron chi connectivity index (χ4n) is 1.42. The molecule has 1 aromatic rings. The monoisotopic (exact) mass is 240 g/mol. The maximum absolute atomic E-state index is 11.7. The summed E-state index contributed by atoms with van der Waals surface area (Å²) in [5, 5.41) is 0. The molecule has 1 aliphatic heterocycles. The van der Waals surface area contributed by atoms with Gasteiger partial charge in [-0.05, 0) is 41.9 Å². The van der Waals surface area contributed by atoms with Gasteiger partial charge in [-0.2, -0.15) is 0 Å². The average molecular weight is 241 g/mol. The van der Waals surface area contributed by atoms with Gasteiger partial charge in [-0.15, -0.1) is 0 Å². The summed E-state index contributed by atoms with van der Waals surface area (Å²) in [6.07, 6.45) is 0. The minimum atomic E-state index is -0.716. The van der Waals surface area contributed by atoms with Gasteiger partial charge in [0.05, 0.1) is 10.0 Å². The van der Waals surface area contributed by atoms with E-state index in [4.69, 9.17) is 4.74 Å². The molecule has 68 valence electrons. The van der Waals surface area contributed by atoms with Gasteiger partial charge in [-0.1, -0.05) is 6.07 Å². The maximum atomic E-state index is 11.7. The van der Waals surface area contributed by atoms with Gasteiger partial charge in [0.2, 0.25) is 5.78 Å². The molecular weight excluding hydrogens is 232 g/mol. The number of rotatable bonds is 0. The normalized spacial score (nSPS) is 18.2. The molecule has 0 atom stereocenters. The van der Waals surface area contributed by atoms with Crippen molar-refractivity contribution in [1.82, 2.24) is 0 Å². The van der Waals surface area contributed by atoms with Crippen LogP contribution in [0, 0.1) is 0 Å². The number of para-hydroxylation sites is 1. The van der Waals surface area contributed by atoms with Gasteiger partial charge in [0.25, 0.3) is 0 Å². The molecule has 0 aliphatic carbocycles. The summed E-state index contributed by atoms with van der Waals surface area (Å²) >= 11 is 3.35. The lowest BCUT2D eigenvalue weighted by molar-refractivity contribution is 0.0683. The second kappa shape index (κ2) is 2.58. The van der Waals surface area contributed by atoms with Gasteiger partial charge in [0, 0.05) is 0 Å². The zero-order valence-electron chi connectivity index (χ0n) is 7.43. The molecule has 1 aromatic carbocycles. The minimum absolute atomic E-state index is 0.0452. The number of fused-ring (bicyclic) bond motifs is 1. The summed E-state index contributed by atoms with van der Waals surface area (Å²) in [6.45, 7) is 3.56. The molecule has 13 heavy (non-hydrogen) atoms. The van der Waals surface area contributed by atoms with Gasteiger partial charge in [-0.25, -0.2) is 0 Å². The number of ketones is 1. The average Bonchev–Trinajstić information content (AvgIpc) is 2.28. The number of benzene rings is 1. The molecule has 2 nitrogen and oxygen atoms in total. The van der Waals surface area contributed by atoms with Crippen LogP contribution in [0.5, 0.6) is 5.75 Å². The highest BCUT2D eigenvalue weighted by molar-refractivity contribution is 9.10. The molecular formula is C10H9BrO2. The Hall–Kier alpha value is -0.830. The Morgan fingerprint density at radius 3 is 2.69 bits per heavy atom. The van der Waals surface area contributed by atoms with E-state index < -0.39 is 5.60 Å². The van der Waals surface area contributed by atoms with Gasteiger partial charge < -0.3 is 4.74 Å². The van der Waals surface area contributed by atoms with Crippen LogP contribution in [0.15, 0.2) is 22.7 Å². The third-order valence-electron chi connectivity index (χ3n) is 2.12. The standard InChI is InChI=1S/C10H9BrO2/c1-10(2)9(12)6-4-3-5-7(11)8(6)13-10/h3-5H,1-2H3. The summed E-state index contributed by atoms with van der Waals surface area (Å²) in [6, 6.07) is 5.50. The first-order valence-corrected chi connectivity index (χ1v) is 4.84. The van der Waals surface area contributed by atoms with Crippen molar-refractivity contribution in [2.45, 2.75) is 19.4 Å². The van der Waals surface area contributed by atoms with Crippen molar-refractivity contribution < 1.29 is 9.53 Å². The summed E-state index contributed by atoms with van der Waals surface area (Å²) in [4.78, 5) is 11.7. The number of halogens is 1. The second-order valence-corrected chi connectivity index (χ2v) is 4.41. The number of Topliss-reactive ketones (excluding diaryl/α,β-unsaturated/α-hetero) is 1. The van der Waals surface area contributed by atoms with Gasteiger partial charge in [0.1, 0.15) is 5.75 Å². The Balaban J connectivity index is 2.63. The van der Waals surface area contributed by atoms with E-state index >= 15 is 0 Å². The zero-order valence-corrected chi connectivity index (χ0v) is 9.01. The first kappa shape index (κ1) is 8.75. The minimum Gasteiger partial charge on any atom is -0.478 e. The fraction of sp³-hybridized carbons (Fsp3) is 0.300. The quantitative estimate of drug-likeness (QED) is 0.698. The number of ether oxygens (including phenoxy) is 1. The van der Waals surface area contributed by atoms with E-state index in [-0.39, 0.29) is 5.78 Å². The molecule has 0 bridgehead atoms. The Kier molecular flexibility index (Phi) is 1.74. The van der Waals surface area contributed by atoms with Crippen LogP contribution in [0.4, 0.5) is 0 Å². The molecule has 0 N–H and O–H groups in total. The van der Waals surface area contributed by atoms with Crippen molar-refractivity contribution in [1.29, 1.82) is 0 Å². The molecule has 1 aliphatic rings. The van der Waals surface area contributed by atoms with E-state index in [9.17, 15) is 4.79 Å². The van der Waals surface area contributed by atoms with E-state index in [0.717, 1.165) is 4.47 Å². The van der Waals surface area contributed by atoms with Crippen molar-refractivity contribution in [3.05, 3.63) is 28.2 Å². The maximum Gasteiger partial charge on any atom is 0.209 e. The molecule has 0 unspecified atom stereocenters. The molecule has 0 spiro atoms. The van der Waals surface area contributed by atoms with Crippen LogP contribution in [0.2, 0.25) is 0 Å². The van der Waals surface area contributed by atoms with Crippen LogP contribution in [-0.4, -0.2) is 11.4 Å². The lowest BCUT2D eigenvalue weighted by atomic mass is 10.0. The van der Waals surface area contributed by atoms with Crippen molar-refractivity contribution in [3.63, 3.8) is 0 Å². The van der Waals surface area contributed by atoms with Gasteiger partial charge in [0.15, 0.2) is 5.60 Å². The topological polar surface area (TPSA) is 26.3 Å². The van der Waals surface area contributed by atoms with Gasteiger partial charge in [-0.3, -0.25) is 4.79 Å². The Morgan fingerprint density at radius 2 is 2.08 bits per heavy atom. The lowest BCUT2D eigenvalue weighted by Gasteiger charge is -2.15. The summed E-state index contributed by atoms with van der Waals surface area (Å²) in [7, 11) is 0. The van der Waals surface area contributed by atoms with Crippen LogP contribution < -0.4 is 4.74 Å². The zero-order chi connectivity index (χ0) is 9.64. The molecule has 0 aromatic heterocycles. The summed E-state index contributed by atoms with van der Waals surface area (Å²) in [5.74, 6) is 0.710. The first-order chi connectivity index (χ1) is 6.02. The predicted octanol–water partition coefficient (Wildman–Crippen LogP) is 2.80. The molecule has 0 saturated heterocycles. The fourth-order valence-corrected chi connectivity index (χ4v) is 1.86. The van der Waals surface area contributed by atoms with Crippen molar-refractivity contribution in [2.75, 3.05) is 0 Å². The SMILES string of the molecule is CC1(C)Oc2c(Br)cccc2C1=O. The van der Waals surface area contributed by atoms with Crippen LogP contribution in [0.3, 0.4) is 0 Å². The molecule has 0 radical (unpaired) electrons. The van der Waals surface area contributed by atoms with Crippen LogP contribution in [0.1, 0.15) is 24.2 Å². The van der Waals surface area contributed by atoms with Crippen LogP contribution >= 0.6 is 15.9 Å². The van der Waals surface area contributed by atoms with Crippen molar-refractivity contribution in [3.8, 4) is 5.75 Å². The largest absolute Gasteiger partial charge is 0.478 e. The third kappa shape index (κ3) is 1.18. The van der Waals surface area contributed by atoms with E-state index in [1.165, 1.54) is 0 Å². The molecule has 1 heterocycles. The predicted molar refractivity (Wildman–Crippen MR) is 53.2 cm³/mol.